The number of nitrogens with one attached hydrogen (secondary N) is 1. The first-order valence-corrected chi connectivity index (χ1v) is 5.56. The van der Waals surface area contributed by atoms with Crippen LogP contribution in [0.25, 0.3) is 0 Å². The molecular weight excluding hydrogens is 178 g/mol. The second kappa shape index (κ2) is 9.62. The van der Waals surface area contributed by atoms with E-state index in [0.717, 1.165) is 12.3 Å². The van der Waals surface area contributed by atoms with E-state index in [0.29, 0.717) is 0 Å². The quantitative estimate of drug-likeness (QED) is 0.474. The maximum Gasteiger partial charge on any atom is 0.00658 e. The topological polar surface area (TPSA) is 12.0 Å². The smallest absolute Gasteiger partial charge is 0.00658 e. The highest BCUT2D eigenvalue weighted by Gasteiger charge is 1.92. The molecular formula is C11H19NS. The Morgan fingerprint density at radius 1 is 1.38 bits per heavy atom. The number of rotatable bonds is 8. The summed E-state index contributed by atoms with van der Waals surface area (Å²) >= 11 is 1.84. The summed E-state index contributed by atoms with van der Waals surface area (Å²) in [6, 6.07) is 0. The third-order valence-electron chi connectivity index (χ3n) is 1.57. The Kier molecular flexibility index (Phi) is 9.27. The first-order chi connectivity index (χ1) is 6.35. The Morgan fingerprint density at radius 2 is 2.15 bits per heavy atom. The van der Waals surface area contributed by atoms with Crippen LogP contribution in [0.2, 0.25) is 0 Å². The van der Waals surface area contributed by atoms with Crippen molar-refractivity contribution >= 4 is 11.8 Å². The molecule has 0 aliphatic rings. The zero-order chi connectivity index (χ0) is 9.94. The van der Waals surface area contributed by atoms with Crippen LogP contribution in [0.3, 0.4) is 0 Å². The summed E-state index contributed by atoms with van der Waals surface area (Å²) in [6.45, 7) is 8.51. The van der Waals surface area contributed by atoms with Gasteiger partial charge in [-0.2, -0.15) is 0 Å². The molecule has 0 unspecified atom stereocenters. The van der Waals surface area contributed by atoms with Gasteiger partial charge in [-0.25, -0.2) is 0 Å². The van der Waals surface area contributed by atoms with E-state index in [2.05, 4.69) is 18.5 Å². The first kappa shape index (κ1) is 12.5. The van der Waals surface area contributed by atoms with Crippen LogP contribution < -0.4 is 5.32 Å². The highest BCUT2D eigenvalue weighted by molar-refractivity contribution is 8.03. The van der Waals surface area contributed by atoms with E-state index in [1.54, 1.807) is 6.08 Å². The predicted octanol–water partition coefficient (Wildman–Crippen LogP) is 2.98. The van der Waals surface area contributed by atoms with Crippen molar-refractivity contribution in [2.45, 2.75) is 12.8 Å². The van der Waals surface area contributed by atoms with Gasteiger partial charge in [0.1, 0.15) is 0 Å². The van der Waals surface area contributed by atoms with Gasteiger partial charge in [-0.1, -0.05) is 25.3 Å². The summed E-state index contributed by atoms with van der Waals surface area (Å²) in [5.41, 5.74) is 0. The number of allylic oxidation sites excluding steroid dienone is 3. The summed E-state index contributed by atoms with van der Waals surface area (Å²) in [5.74, 6) is 1.16. The molecule has 0 atom stereocenters. The lowest BCUT2D eigenvalue weighted by atomic mass is 10.3. The Balaban J connectivity index is 3.44. The van der Waals surface area contributed by atoms with Crippen LogP contribution in [0, 0.1) is 0 Å². The van der Waals surface area contributed by atoms with Gasteiger partial charge in [0.25, 0.3) is 0 Å². The third-order valence-corrected chi connectivity index (χ3v) is 2.70. The molecule has 0 bridgehead atoms. The standard InChI is InChI=1S/C11H19NS/c1-4-8-11(5-2)13-10-7-6-9-12-3/h4-5,8,12H,1-2,6-7,9-10H2,3H3/b11-8+. The third kappa shape index (κ3) is 7.88. The fourth-order valence-corrected chi connectivity index (χ4v) is 1.78. The molecule has 1 N–H and O–H groups in total. The van der Waals surface area contributed by atoms with E-state index in [-0.39, 0.29) is 0 Å². The van der Waals surface area contributed by atoms with Crippen molar-refractivity contribution < 1.29 is 0 Å². The van der Waals surface area contributed by atoms with Gasteiger partial charge in [0.2, 0.25) is 0 Å². The molecule has 0 heterocycles. The van der Waals surface area contributed by atoms with E-state index in [9.17, 15) is 0 Å². The second-order valence-corrected chi connectivity index (χ2v) is 3.84. The summed E-state index contributed by atoms with van der Waals surface area (Å²) in [6.07, 6.45) is 8.16. The highest BCUT2D eigenvalue weighted by Crippen LogP contribution is 2.17. The van der Waals surface area contributed by atoms with Crippen LogP contribution in [0.15, 0.2) is 36.3 Å². The molecule has 0 amide bonds. The molecule has 0 aromatic heterocycles. The maximum atomic E-state index is 3.75. The normalized spacial score (nSPS) is 11.3. The summed E-state index contributed by atoms with van der Waals surface area (Å²) in [7, 11) is 1.99. The Hall–Kier alpha value is -0.470. The van der Waals surface area contributed by atoms with Crippen LogP contribution in [0.4, 0.5) is 0 Å². The van der Waals surface area contributed by atoms with E-state index in [1.807, 2.05) is 31.0 Å². The van der Waals surface area contributed by atoms with E-state index >= 15 is 0 Å². The average molecular weight is 197 g/mol. The van der Waals surface area contributed by atoms with Gasteiger partial charge in [-0.05, 0) is 38.3 Å². The zero-order valence-corrected chi connectivity index (χ0v) is 9.20. The lowest BCUT2D eigenvalue weighted by molar-refractivity contribution is 0.715. The fraction of sp³-hybridized carbons (Fsp3) is 0.455. The van der Waals surface area contributed by atoms with Crippen LogP contribution in [0.5, 0.6) is 0 Å². The molecule has 0 aromatic carbocycles. The molecule has 0 saturated heterocycles. The zero-order valence-electron chi connectivity index (χ0n) is 8.38. The summed E-state index contributed by atoms with van der Waals surface area (Å²) in [4.78, 5) is 1.21. The van der Waals surface area contributed by atoms with Gasteiger partial charge >= 0.3 is 0 Å². The minimum absolute atomic E-state index is 1.11. The van der Waals surface area contributed by atoms with E-state index in [4.69, 9.17) is 0 Å². The molecule has 13 heavy (non-hydrogen) atoms. The predicted molar refractivity (Wildman–Crippen MR) is 64.1 cm³/mol. The molecule has 1 nitrogen and oxygen atoms in total. The van der Waals surface area contributed by atoms with Gasteiger partial charge in [0.05, 0.1) is 0 Å². The average Bonchev–Trinajstić information content (AvgIpc) is 2.16. The fourth-order valence-electron chi connectivity index (χ4n) is 0.885. The lowest BCUT2D eigenvalue weighted by Crippen LogP contribution is -2.07. The summed E-state index contributed by atoms with van der Waals surface area (Å²) in [5, 5.41) is 3.13. The van der Waals surface area contributed by atoms with Crippen LogP contribution in [0.1, 0.15) is 12.8 Å². The van der Waals surface area contributed by atoms with Gasteiger partial charge in [-0.15, -0.1) is 11.8 Å². The monoisotopic (exact) mass is 197 g/mol. The minimum Gasteiger partial charge on any atom is -0.320 e. The molecule has 0 radical (unpaired) electrons. The molecule has 0 rings (SSSR count). The Bertz CT molecular complexity index is 173. The molecule has 0 aliphatic heterocycles. The van der Waals surface area contributed by atoms with Gasteiger partial charge < -0.3 is 5.32 Å². The van der Waals surface area contributed by atoms with Crippen molar-refractivity contribution in [1.82, 2.24) is 5.32 Å². The molecule has 2 heteroatoms. The number of hydrogen-bond donors (Lipinski definition) is 1. The highest BCUT2D eigenvalue weighted by atomic mass is 32.2. The van der Waals surface area contributed by atoms with Gasteiger partial charge in [-0.3, -0.25) is 0 Å². The maximum absolute atomic E-state index is 3.75. The van der Waals surface area contributed by atoms with Crippen LogP contribution >= 0.6 is 11.8 Å². The van der Waals surface area contributed by atoms with Gasteiger partial charge in [0.15, 0.2) is 0 Å². The largest absolute Gasteiger partial charge is 0.320 e. The number of hydrogen-bond acceptors (Lipinski definition) is 2. The van der Waals surface area contributed by atoms with Crippen molar-refractivity contribution in [3.05, 3.63) is 36.3 Å². The van der Waals surface area contributed by atoms with Crippen LogP contribution in [-0.4, -0.2) is 19.3 Å². The van der Waals surface area contributed by atoms with Gasteiger partial charge in [0, 0.05) is 4.91 Å². The number of thioether (sulfide) groups is 1. The second-order valence-electron chi connectivity index (χ2n) is 2.67. The minimum atomic E-state index is 1.11. The Morgan fingerprint density at radius 3 is 2.69 bits per heavy atom. The van der Waals surface area contributed by atoms with E-state index in [1.165, 1.54) is 17.7 Å². The summed E-state index contributed by atoms with van der Waals surface area (Å²) < 4.78 is 0. The Labute approximate surface area is 86.0 Å². The molecule has 0 aromatic rings. The molecule has 74 valence electrons. The SMILES string of the molecule is C=C/C=C(\C=C)SCCCCNC. The first-order valence-electron chi connectivity index (χ1n) is 4.57. The van der Waals surface area contributed by atoms with Crippen molar-refractivity contribution in [2.75, 3.05) is 19.3 Å². The molecule has 0 fully saturated rings. The lowest BCUT2D eigenvalue weighted by Gasteiger charge is -2.01. The molecule has 0 saturated carbocycles. The van der Waals surface area contributed by atoms with Crippen molar-refractivity contribution in [3.63, 3.8) is 0 Å². The van der Waals surface area contributed by atoms with Crippen molar-refractivity contribution in [3.8, 4) is 0 Å². The van der Waals surface area contributed by atoms with E-state index < -0.39 is 0 Å². The number of unbranched alkanes of at least 4 members (excludes halogenated alkanes) is 1. The molecule has 0 spiro atoms. The van der Waals surface area contributed by atoms with Crippen LogP contribution in [-0.2, 0) is 0 Å². The van der Waals surface area contributed by atoms with Crippen molar-refractivity contribution in [2.24, 2.45) is 0 Å². The molecule has 0 aliphatic carbocycles. The van der Waals surface area contributed by atoms with Crippen molar-refractivity contribution in [1.29, 1.82) is 0 Å².